The van der Waals surface area contributed by atoms with Crippen molar-refractivity contribution in [1.29, 1.82) is 0 Å². The molecule has 0 aliphatic heterocycles. The molecule has 0 fully saturated rings. The Labute approximate surface area is 148 Å². The van der Waals surface area contributed by atoms with E-state index in [9.17, 15) is 9.59 Å². The third-order valence-corrected chi connectivity index (χ3v) is 4.06. The van der Waals surface area contributed by atoms with Gasteiger partial charge in [-0.15, -0.1) is 0 Å². The van der Waals surface area contributed by atoms with Gasteiger partial charge in [0.1, 0.15) is 5.75 Å². The second-order valence-electron chi connectivity index (χ2n) is 5.91. The molecule has 0 aliphatic rings. The van der Waals surface area contributed by atoms with E-state index in [0.717, 1.165) is 16.8 Å². The van der Waals surface area contributed by atoms with Crippen molar-refractivity contribution in [1.82, 2.24) is 0 Å². The summed E-state index contributed by atoms with van der Waals surface area (Å²) in [6, 6.07) is 13.2. The van der Waals surface area contributed by atoms with Gasteiger partial charge in [-0.1, -0.05) is 30.3 Å². The van der Waals surface area contributed by atoms with Crippen LogP contribution in [0.1, 0.15) is 24.5 Å². The van der Waals surface area contributed by atoms with Gasteiger partial charge in [-0.05, 0) is 37.1 Å². The van der Waals surface area contributed by atoms with Gasteiger partial charge in [-0.25, -0.2) is 0 Å². The smallest absolute Gasteiger partial charge is 0.226 e. The molecule has 0 spiro atoms. The first kappa shape index (κ1) is 18.5. The lowest BCUT2D eigenvalue weighted by Crippen LogP contribution is -2.32. The van der Waals surface area contributed by atoms with Crippen molar-refractivity contribution < 1.29 is 14.3 Å². The number of para-hydroxylation sites is 3. The van der Waals surface area contributed by atoms with Gasteiger partial charge in [0.05, 0.1) is 12.8 Å². The minimum Gasteiger partial charge on any atom is -0.495 e. The molecule has 25 heavy (non-hydrogen) atoms. The van der Waals surface area contributed by atoms with E-state index < -0.39 is 0 Å². The van der Waals surface area contributed by atoms with Crippen molar-refractivity contribution in [3.8, 4) is 5.75 Å². The van der Waals surface area contributed by atoms with Crippen molar-refractivity contribution >= 4 is 23.2 Å². The Morgan fingerprint density at radius 2 is 1.68 bits per heavy atom. The Hall–Kier alpha value is -2.82. The second kappa shape index (κ2) is 8.33. The van der Waals surface area contributed by atoms with Gasteiger partial charge in [0.25, 0.3) is 0 Å². The molecule has 0 aliphatic carbocycles. The maximum Gasteiger partial charge on any atom is 0.226 e. The van der Waals surface area contributed by atoms with Crippen molar-refractivity contribution in [3.05, 3.63) is 53.6 Å². The zero-order valence-electron chi connectivity index (χ0n) is 15.1. The number of rotatable bonds is 6. The summed E-state index contributed by atoms with van der Waals surface area (Å²) in [4.78, 5) is 25.9. The average molecular weight is 340 g/mol. The van der Waals surface area contributed by atoms with E-state index in [2.05, 4.69) is 5.32 Å². The van der Waals surface area contributed by atoms with E-state index >= 15 is 0 Å². The van der Waals surface area contributed by atoms with Gasteiger partial charge in [-0.3, -0.25) is 9.59 Å². The van der Waals surface area contributed by atoms with Crippen LogP contribution in [0, 0.1) is 13.8 Å². The highest BCUT2D eigenvalue weighted by Gasteiger charge is 2.17. The van der Waals surface area contributed by atoms with Crippen LogP contribution in [0.4, 0.5) is 11.4 Å². The standard InChI is InChI=1S/C20H24N2O3/c1-14-8-7-9-15(2)20(14)21-19(24)12-13-22(16(3)23)17-10-5-6-11-18(17)25-4/h5-11H,12-13H2,1-4H3,(H,21,24). The molecule has 2 rings (SSSR count). The fourth-order valence-electron chi connectivity index (χ4n) is 2.73. The lowest BCUT2D eigenvalue weighted by molar-refractivity contribution is -0.117. The van der Waals surface area contributed by atoms with Gasteiger partial charge in [0.2, 0.25) is 11.8 Å². The molecule has 0 saturated carbocycles. The first-order chi connectivity index (χ1) is 11.9. The molecule has 0 bridgehead atoms. The third kappa shape index (κ3) is 4.59. The maximum absolute atomic E-state index is 12.3. The minimum atomic E-state index is -0.135. The van der Waals surface area contributed by atoms with Crippen LogP contribution in [-0.2, 0) is 9.59 Å². The highest BCUT2D eigenvalue weighted by Crippen LogP contribution is 2.28. The average Bonchev–Trinajstić information content (AvgIpc) is 2.58. The molecule has 0 unspecified atom stereocenters. The number of ether oxygens (including phenoxy) is 1. The number of amides is 2. The van der Waals surface area contributed by atoms with Crippen molar-refractivity contribution in [2.45, 2.75) is 27.2 Å². The van der Waals surface area contributed by atoms with Gasteiger partial charge in [0.15, 0.2) is 0 Å². The fraction of sp³-hybridized carbons (Fsp3) is 0.300. The summed E-state index contributed by atoms with van der Waals surface area (Å²) >= 11 is 0. The van der Waals surface area contributed by atoms with Crippen LogP contribution >= 0.6 is 0 Å². The van der Waals surface area contributed by atoms with Gasteiger partial charge in [-0.2, -0.15) is 0 Å². The Bertz CT molecular complexity index is 751. The number of hydrogen-bond acceptors (Lipinski definition) is 3. The van der Waals surface area contributed by atoms with Crippen LogP contribution in [0.15, 0.2) is 42.5 Å². The third-order valence-electron chi connectivity index (χ3n) is 4.06. The van der Waals surface area contributed by atoms with Crippen LogP contribution in [0.3, 0.4) is 0 Å². The summed E-state index contributed by atoms with van der Waals surface area (Å²) in [5.41, 5.74) is 3.53. The summed E-state index contributed by atoms with van der Waals surface area (Å²) in [6.45, 7) is 5.68. The van der Waals surface area contributed by atoms with Crippen molar-refractivity contribution in [2.75, 3.05) is 23.9 Å². The van der Waals surface area contributed by atoms with E-state index in [4.69, 9.17) is 4.74 Å². The molecule has 5 heteroatoms. The summed E-state index contributed by atoms with van der Waals surface area (Å²) in [5, 5.41) is 2.94. The molecule has 0 heterocycles. The van der Waals surface area contributed by atoms with Crippen LogP contribution in [0.5, 0.6) is 5.75 Å². The number of hydrogen-bond donors (Lipinski definition) is 1. The molecule has 0 atom stereocenters. The van der Waals surface area contributed by atoms with Crippen molar-refractivity contribution in [3.63, 3.8) is 0 Å². The lowest BCUT2D eigenvalue weighted by Gasteiger charge is -2.23. The number of methoxy groups -OCH3 is 1. The Morgan fingerprint density at radius 1 is 1.04 bits per heavy atom. The molecule has 0 radical (unpaired) electrons. The molecule has 5 nitrogen and oxygen atoms in total. The van der Waals surface area contributed by atoms with E-state index in [1.165, 1.54) is 6.92 Å². The van der Waals surface area contributed by atoms with Crippen LogP contribution in [-0.4, -0.2) is 25.5 Å². The molecular formula is C20H24N2O3. The molecular weight excluding hydrogens is 316 g/mol. The van der Waals surface area contributed by atoms with Gasteiger partial charge >= 0.3 is 0 Å². The first-order valence-electron chi connectivity index (χ1n) is 8.21. The molecule has 0 aromatic heterocycles. The zero-order valence-corrected chi connectivity index (χ0v) is 15.1. The number of nitrogens with one attached hydrogen (secondary N) is 1. The lowest BCUT2D eigenvalue weighted by atomic mass is 10.1. The molecule has 1 N–H and O–H groups in total. The SMILES string of the molecule is COc1ccccc1N(CCC(=O)Nc1c(C)cccc1C)C(C)=O. The highest BCUT2D eigenvalue weighted by atomic mass is 16.5. The van der Waals surface area contributed by atoms with Crippen LogP contribution in [0.25, 0.3) is 0 Å². The Balaban J connectivity index is 2.09. The topological polar surface area (TPSA) is 58.6 Å². The predicted octanol–water partition coefficient (Wildman–Crippen LogP) is 3.69. The molecule has 2 aromatic carbocycles. The van der Waals surface area contributed by atoms with Crippen LogP contribution < -0.4 is 15.0 Å². The number of carbonyl (C=O) groups is 2. The number of benzene rings is 2. The fourth-order valence-corrected chi connectivity index (χ4v) is 2.73. The molecule has 0 saturated heterocycles. The number of carbonyl (C=O) groups excluding carboxylic acids is 2. The van der Waals surface area contributed by atoms with Gasteiger partial charge in [0, 0.05) is 25.6 Å². The molecule has 2 amide bonds. The van der Waals surface area contributed by atoms with Gasteiger partial charge < -0.3 is 15.0 Å². The molecule has 132 valence electrons. The number of aryl methyl sites for hydroxylation is 2. The normalized spacial score (nSPS) is 10.2. The minimum absolute atomic E-state index is 0.126. The zero-order chi connectivity index (χ0) is 18.4. The summed E-state index contributed by atoms with van der Waals surface area (Å²) in [7, 11) is 1.56. The quantitative estimate of drug-likeness (QED) is 0.872. The van der Waals surface area contributed by atoms with Crippen LogP contribution in [0.2, 0.25) is 0 Å². The Morgan fingerprint density at radius 3 is 2.28 bits per heavy atom. The van der Waals surface area contributed by atoms with E-state index in [-0.39, 0.29) is 24.8 Å². The summed E-state index contributed by atoms with van der Waals surface area (Å²) in [5.74, 6) is 0.343. The summed E-state index contributed by atoms with van der Waals surface area (Å²) < 4.78 is 5.32. The second-order valence-corrected chi connectivity index (χ2v) is 5.91. The largest absolute Gasteiger partial charge is 0.495 e. The van der Waals surface area contributed by atoms with E-state index in [1.807, 2.05) is 50.2 Å². The first-order valence-corrected chi connectivity index (χ1v) is 8.21. The van der Waals surface area contributed by atoms with E-state index in [1.54, 1.807) is 18.1 Å². The van der Waals surface area contributed by atoms with Crippen molar-refractivity contribution in [2.24, 2.45) is 0 Å². The monoisotopic (exact) mass is 340 g/mol. The van der Waals surface area contributed by atoms with E-state index in [0.29, 0.717) is 11.4 Å². The molecule has 2 aromatic rings. The number of nitrogens with zero attached hydrogens (tertiary/aromatic N) is 1. The number of anilines is 2. The maximum atomic E-state index is 12.3. The Kier molecular flexibility index (Phi) is 6.17. The predicted molar refractivity (Wildman–Crippen MR) is 100 cm³/mol. The summed E-state index contributed by atoms with van der Waals surface area (Å²) in [6.07, 6.45) is 0.200. The highest BCUT2D eigenvalue weighted by molar-refractivity contribution is 5.96.